The highest BCUT2D eigenvalue weighted by Crippen LogP contribution is 2.25. The highest BCUT2D eigenvalue weighted by atomic mass is 32.2. The van der Waals surface area contributed by atoms with Crippen LogP contribution in [0.15, 0.2) is 23.2 Å². The second kappa shape index (κ2) is 5.76. The first-order valence-corrected chi connectivity index (χ1v) is 7.63. The molecule has 2 amide bonds. The Kier molecular flexibility index (Phi) is 4.21. The van der Waals surface area contributed by atoms with Crippen molar-refractivity contribution in [3.05, 3.63) is 18.3 Å². The Labute approximate surface area is 121 Å². The first kappa shape index (κ1) is 15.4. The standard InChI is InChI=1S/C11H15N5O4S/c1-2-7-11(18)14-9(17)6-16(7)21(19,20)8-4-3-5-13-10(8)15-12/h3-5,7H,2,6,12H2,1H3,(H,13,15)(H,14,17,18). The summed E-state index contributed by atoms with van der Waals surface area (Å²) < 4.78 is 26.2. The maximum absolute atomic E-state index is 12.7. The number of carbonyl (C=O) groups is 2. The minimum Gasteiger partial charge on any atom is -0.307 e. The number of pyridine rings is 1. The van der Waals surface area contributed by atoms with Gasteiger partial charge < -0.3 is 5.43 Å². The fourth-order valence-electron chi connectivity index (χ4n) is 2.12. The maximum atomic E-state index is 12.7. The van der Waals surface area contributed by atoms with Gasteiger partial charge in [0.1, 0.15) is 10.9 Å². The lowest BCUT2D eigenvalue weighted by Gasteiger charge is -2.32. The van der Waals surface area contributed by atoms with Crippen LogP contribution in [-0.2, 0) is 19.6 Å². The monoisotopic (exact) mass is 313 g/mol. The van der Waals surface area contributed by atoms with Crippen LogP contribution >= 0.6 is 0 Å². The van der Waals surface area contributed by atoms with E-state index < -0.39 is 34.4 Å². The van der Waals surface area contributed by atoms with E-state index >= 15 is 0 Å². The Hall–Kier alpha value is -2.04. The topological polar surface area (TPSA) is 134 Å². The molecule has 9 nitrogen and oxygen atoms in total. The van der Waals surface area contributed by atoms with Crippen molar-refractivity contribution in [3.8, 4) is 0 Å². The second-order valence-corrected chi connectivity index (χ2v) is 6.24. The van der Waals surface area contributed by atoms with Crippen LogP contribution in [0, 0.1) is 0 Å². The van der Waals surface area contributed by atoms with E-state index in [1.807, 2.05) is 0 Å². The van der Waals surface area contributed by atoms with Crippen LogP contribution < -0.4 is 16.6 Å². The molecule has 1 aromatic rings. The van der Waals surface area contributed by atoms with Gasteiger partial charge >= 0.3 is 0 Å². The Bertz CT molecular complexity index is 675. The molecule has 1 aliphatic heterocycles. The zero-order chi connectivity index (χ0) is 15.6. The molecule has 1 saturated heterocycles. The van der Waals surface area contributed by atoms with Gasteiger partial charge in [-0.05, 0) is 18.6 Å². The number of sulfonamides is 1. The number of nitrogens with one attached hydrogen (secondary N) is 2. The number of amides is 2. The van der Waals surface area contributed by atoms with E-state index in [9.17, 15) is 18.0 Å². The summed E-state index contributed by atoms with van der Waals surface area (Å²) in [5, 5.41) is 2.12. The third kappa shape index (κ3) is 2.73. The molecule has 21 heavy (non-hydrogen) atoms. The quantitative estimate of drug-likeness (QED) is 0.361. The highest BCUT2D eigenvalue weighted by molar-refractivity contribution is 7.89. The number of carbonyl (C=O) groups excluding carboxylic acids is 2. The van der Waals surface area contributed by atoms with Crippen LogP contribution in [0.4, 0.5) is 5.82 Å². The molecule has 1 aromatic heterocycles. The smallest absolute Gasteiger partial charge is 0.247 e. The molecular formula is C11H15N5O4S. The summed E-state index contributed by atoms with van der Waals surface area (Å²) in [4.78, 5) is 26.9. The first-order chi connectivity index (χ1) is 9.91. The van der Waals surface area contributed by atoms with Crippen molar-refractivity contribution >= 4 is 27.7 Å². The molecule has 4 N–H and O–H groups in total. The number of hydrogen-bond acceptors (Lipinski definition) is 7. The van der Waals surface area contributed by atoms with Crippen molar-refractivity contribution in [2.24, 2.45) is 5.84 Å². The van der Waals surface area contributed by atoms with E-state index in [2.05, 4.69) is 15.7 Å². The van der Waals surface area contributed by atoms with E-state index in [1.165, 1.54) is 18.3 Å². The molecule has 2 rings (SSSR count). The van der Waals surface area contributed by atoms with Gasteiger partial charge in [0.15, 0.2) is 5.82 Å². The average Bonchev–Trinajstić information content (AvgIpc) is 2.46. The van der Waals surface area contributed by atoms with Crippen LogP contribution in [0.5, 0.6) is 0 Å². The molecule has 0 aliphatic carbocycles. The fourth-order valence-corrected chi connectivity index (χ4v) is 3.84. The summed E-state index contributed by atoms with van der Waals surface area (Å²) in [5.41, 5.74) is 2.19. The summed E-state index contributed by atoms with van der Waals surface area (Å²) in [6.45, 7) is 1.24. The first-order valence-electron chi connectivity index (χ1n) is 6.19. The minimum atomic E-state index is -4.09. The molecule has 1 unspecified atom stereocenters. The Balaban J connectivity index is 2.51. The van der Waals surface area contributed by atoms with Gasteiger partial charge in [-0.2, -0.15) is 4.31 Å². The van der Waals surface area contributed by atoms with E-state index in [4.69, 9.17) is 5.84 Å². The van der Waals surface area contributed by atoms with Crippen molar-refractivity contribution in [2.45, 2.75) is 24.3 Å². The molecule has 0 radical (unpaired) electrons. The second-order valence-electron chi connectivity index (χ2n) is 4.38. The summed E-state index contributed by atoms with van der Waals surface area (Å²) in [6, 6.07) is 1.79. The fraction of sp³-hybridized carbons (Fsp3) is 0.364. The number of anilines is 1. The van der Waals surface area contributed by atoms with E-state index in [1.54, 1.807) is 6.92 Å². The van der Waals surface area contributed by atoms with Crippen LogP contribution in [-0.4, -0.2) is 42.1 Å². The molecule has 114 valence electrons. The van der Waals surface area contributed by atoms with Gasteiger partial charge in [-0.25, -0.2) is 19.2 Å². The number of nitrogens with zero attached hydrogens (tertiary/aromatic N) is 2. The van der Waals surface area contributed by atoms with Crippen LogP contribution in [0.1, 0.15) is 13.3 Å². The predicted molar refractivity (Wildman–Crippen MR) is 73.2 cm³/mol. The van der Waals surface area contributed by atoms with Crippen molar-refractivity contribution in [1.82, 2.24) is 14.6 Å². The van der Waals surface area contributed by atoms with Gasteiger partial charge in [-0.15, -0.1) is 0 Å². The third-order valence-electron chi connectivity index (χ3n) is 3.09. The van der Waals surface area contributed by atoms with Crippen LogP contribution in [0.2, 0.25) is 0 Å². The predicted octanol–water partition coefficient (Wildman–Crippen LogP) is -1.21. The normalized spacial score (nSPS) is 20.2. The molecule has 2 heterocycles. The number of imide groups is 1. The molecule has 0 spiro atoms. The van der Waals surface area contributed by atoms with Gasteiger partial charge in [0.2, 0.25) is 21.8 Å². The third-order valence-corrected chi connectivity index (χ3v) is 4.98. The van der Waals surface area contributed by atoms with E-state index in [-0.39, 0.29) is 17.1 Å². The largest absolute Gasteiger partial charge is 0.307 e. The number of aromatic nitrogens is 1. The van der Waals surface area contributed by atoms with Crippen molar-refractivity contribution < 1.29 is 18.0 Å². The number of piperazine rings is 1. The van der Waals surface area contributed by atoms with Gasteiger partial charge in [-0.1, -0.05) is 6.92 Å². The zero-order valence-corrected chi connectivity index (χ0v) is 12.1. The van der Waals surface area contributed by atoms with Crippen LogP contribution in [0.25, 0.3) is 0 Å². The van der Waals surface area contributed by atoms with Crippen molar-refractivity contribution in [1.29, 1.82) is 0 Å². The molecule has 1 atom stereocenters. The average molecular weight is 313 g/mol. The lowest BCUT2D eigenvalue weighted by atomic mass is 10.2. The maximum Gasteiger partial charge on any atom is 0.247 e. The number of nitrogen functional groups attached to an aromatic ring is 1. The summed E-state index contributed by atoms with van der Waals surface area (Å²) in [7, 11) is -4.09. The Morgan fingerprint density at radius 2 is 2.24 bits per heavy atom. The molecule has 1 aliphatic rings. The lowest BCUT2D eigenvalue weighted by Crippen LogP contribution is -2.59. The summed E-state index contributed by atoms with van der Waals surface area (Å²) in [6.07, 6.45) is 1.61. The molecule has 1 fully saturated rings. The summed E-state index contributed by atoms with van der Waals surface area (Å²) >= 11 is 0. The molecular weight excluding hydrogens is 298 g/mol. The SMILES string of the molecule is CCC1C(=O)NC(=O)CN1S(=O)(=O)c1cccnc1NN. The van der Waals surface area contributed by atoms with Gasteiger partial charge in [0.05, 0.1) is 6.54 Å². The molecule has 10 heteroatoms. The van der Waals surface area contributed by atoms with Gasteiger partial charge in [-0.3, -0.25) is 14.9 Å². The highest BCUT2D eigenvalue weighted by Gasteiger charge is 2.41. The molecule has 0 saturated carbocycles. The van der Waals surface area contributed by atoms with Gasteiger partial charge in [0.25, 0.3) is 0 Å². The zero-order valence-electron chi connectivity index (χ0n) is 11.2. The Morgan fingerprint density at radius 3 is 2.86 bits per heavy atom. The van der Waals surface area contributed by atoms with E-state index in [0.29, 0.717) is 0 Å². The molecule has 0 aromatic carbocycles. The molecule has 0 bridgehead atoms. The van der Waals surface area contributed by atoms with Gasteiger partial charge in [0, 0.05) is 6.20 Å². The van der Waals surface area contributed by atoms with Crippen molar-refractivity contribution in [2.75, 3.05) is 12.0 Å². The Morgan fingerprint density at radius 1 is 1.52 bits per heavy atom. The number of hydrazine groups is 1. The summed E-state index contributed by atoms with van der Waals surface area (Å²) in [5.74, 6) is 3.90. The van der Waals surface area contributed by atoms with Crippen LogP contribution in [0.3, 0.4) is 0 Å². The number of nitrogens with two attached hydrogens (primary N) is 1. The lowest BCUT2D eigenvalue weighted by molar-refractivity contribution is -0.137. The van der Waals surface area contributed by atoms with E-state index in [0.717, 1.165) is 4.31 Å². The van der Waals surface area contributed by atoms with Crippen molar-refractivity contribution in [3.63, 3.8) is 0 Å². The number of hydrogen-bond donors (Lipinski definition) is 3. The minimum absolute atomic E-state index is 0.0502. The number of rotatable bonds is 4.